The van der Waals surface area contributed by atoms with Gasteiger partial charge in [-0.25, -0.2) is 0 Å². The van der Waals surface area contributed by atoms with E-state index in [2.05, 4.69) is 33.6 Å². The normalized spacial score (nSPS) is 20.8. The number of likely N-dealkylation sites (N-methyl/N-ethyl adjacent to an activating group) is 1. The fourth-order valence-corrected chi connectivity index (χ4v) is 3.77. The fraction of sp³-hybridized carbons (Fsp3) is 0.667. The molecule has 1 saturated carbocycles. The van der Waals surface area contributed by atoms with Gasteiger partial charge in [0.15, 0.2) is 17.5 Å². The predicted molar refractivity (Wildman–Crippen MR) is 127 cm³/mol. The van der Waals surface area contributed by atoms with Gasteiger partial charge in [0.2, 0.25) is 0 Å². The highest BCUT2D eigenvalue weighted by Gasteiger charge is 2.21. The molecule has 2 N–H and O–H groups in total. The van der Waals surface area contributed by atoms with Gasteiger partial charge in [-0.15, -0.1) is 24.0 Å². The Morgan fingerprint density at radius 1 is 1.28 bits per heavy atom. The summed E-state index contributed by atoms with van der Waals surface area (Å²) >= 11 is 0. The summed E-state index contributed by atoms with van der Waals surface area (Å²) in [5.74, 6) is 2.39. The van der Waals surface area contributed by atoms with Gasteiger partial charge in [-0.05, 0) is 38.8 Å². The Balaban J connectivity index is 0.00000300. The lowest BCUT2D eigenvalue weighted by Crippen LogP contribution is -2.48. The van der Waals surface area contributed by atoms with Crippen molar-refractivity contribution >= 4 is 29.9 Å². The number of nitrogens with zero attached hydrogens (tertiary/aromatic N) is 2. The van der Waals surface area contributed by atoms with Crippen molar-refractivity contribution in [2.24, 2.45) is 4.99 Å². The Morgan fingerprint density at radius 3 is 2.76 bits per heavy atom. The van der Waals surface area contributed by atoms with Crippen LogP contribution in [0, 0.1) is 0 Å². The summed E-state index contributed by atoms with van der Waals surface area (Å²) in [6, 6.07) is 6.03. The number of para-hydroxylation sites is 1. The number of nitrogens with one attached hydrogen (secondary N) is 2. The number of morpholine rings is 1. The zero-order valence-electron chi connectivity index (χ0n) is 17.8. The Hall–Kier alpha value is -1.26. The van der Waals surface area contributed by atoms with Gasteiger partial charge in [0.25, 0.3) is 0 Å². The molecular weight excluding hydrogens is 483 g/mol. The highest BCUT2D eigenvalue weighted by Crippen LogP contribution is 2.34. The maximum Gasteiger partial charge on any atom is 0.191 e. The molecule has 8 heteroatoms. The number of hydrogen-bond donors (Lipinski definition) is 2. The number of ether oxygens (including phenoxy) is 3. The molecule has 0 aromatic heterocycles. The first kappa shape index (κ1) is 24.0. The molecule has 1 unspecified atom stereocenters. The number of rotatable bonds is 7. The molecule has 1 aromatic rings. The first-order chi connectivity index (χ1) is 13.7. The lowest BCUT2D eigenvalue weighted by molar-refractivity contribution is -0.0161. The summed E-state index contributed by atoms with van der Waals surface area (Å²) in [7, 11) is 5.59. The minimum Gasteiger partial charge on any atom is -0.493 e. The Bertz CT molecular complexity index is 653. The number of halogens is 1. The van der Waals surface area contributed by atoms with Crippen molar-refractivity contribution in [3.63, 3.8) is 0 Å². The van der Waals surface area contributed by atoms with Crippen molar-refractivity contribution in [3.8, 4) is 11.5 Å². The summed E-state index contributed by atoms with van der Waals surface area (Å²) in [6.45, 7) is 4.04. The van der Waals surface area contributed by atoms with Crippen LogP contribution in [0.15, 0.2) is 23.2 Å². The van der Waals surface area contributed by atoms with E-state index in [9.17, 15) is 0 Å². The lowest BCUT2D eigenvalue weighted by atomic mass is 10.1. The predicted octanol–water partition coefficient (Wildman–Crippen LogP) is 2.63. The monoisotopic (exact) mass is 518 g/mol. The molecule has 29 heavy (non-hydrogen) atoms. The van der Waals surface area contributed by atoms with Crippen molar-refractivity contribution in [1.29, 1.82) is 0 Å². The van der Waals surface area contributed by atoms with Crippen LogP contribution in [0.2, 0.25) is 0 Å². The fourth-order valence-electron chi connectivity index (χ4n) is 3.77. The van der Waals surface area contributed by atoms with Gasteiger partial charge < -0.3 is 29.7 Å². The van der Waals surface area contributed by atoms with E-state index < -0.39 is 0 Å². The molecule has 3 rings (SSSR count). The molecule has 2 fully saturated rings. The second kappa shape index (κ2) is 12.4. The van der Waals surface area contributed by atoms with E-state index in [-0.39, 0.29) is 36.2 Å². The zero-order chi connectivity index (χ0) is 19.8. The molecule has 164 valence electrons. The lowest BCUT2D eigenvalue weighted by Gasteiger charge is -2.30. The SMILES string of the molecule is CN=C(NCc1cccc(OC)c1OC1CCCC1)NCC1CN(C)CCO1.I. The molecular formula is C21H35IN4O3. The molecule has 0 amide bonds. The zero-order valence-corrected chi connectivity index (χ0v) is 20.1. The van der Waals surface area contributed by atoms with Gasteiger partial charge >= 0.3 is 0 Å². The maximum atomic E-state index is 6.31. The van der Waals surface area contributed by atoms with E-state index in [1.54, 1.807) is 14.2 Å². The van der Waals surface area contributed by atoms with E-state index in [1.807, 2.05) is 12.1 Å². The average molecular weight is 518 g/mol. The molecule has 1 aliphatic carbocycles. The van der Waals surface area contributed by atoms with E-state index >= 15 is 0 Å². The van der Waals surface area contributed by atoms with E-state index in [1.165, 1.54) is 12.8 Å². The number of hydrogen-bond acceptors (Lipinski definition) is 5. The van der Waals surface area contributed by atoms with Crippen molar-refractivity contribution in [3.05, 3.63) is 23.8 Å². The van der Waals surface area contributed by atoms with Crippen molar-refractivity contribution in [2.45, 2.75) is 44.4 Å². The molecule has 1 saturated heterocycles. The van der Waals surface area contributed by atoms with Gasteiger partial charge in [-0.2, -0.15) is 0 Å². The van der Waals surface area contributed by atoms with E-state index in [0.717, 1.165) is 62.1 Å². The maximum absolute atomic E-state index is 6.31. The highest BCUT2D eigenvalue weighted by atomic mass is 127. The summed E-state index contributed by atoms with van der Waals surface area (Å²) in [4.78, 5) is 6.62. The largest absolute Gasteiger partial charge is 0.493 e. The van der Waals surface area contributed by atoms with Gasteiger partial charge in [0.05, 0.1) is 25.9 Å². The van der Waals surface area contributed by atoms with Crippen LogP contribution in [0.4, 0.5) is 0 Å². The number of methoxy groups -OCH3 is 1. The summed E-state index contributed by atoms with van der Waals surface area (Å²) < 4.78 is 17.7. The summed E-state index contributed by atoms with van der Waals surface area (Å²) in [6.07, 6.45) is 5.17. The summed E-state index contributed by atoms with van der Waals surface area (Å²) in [5, 5.41) is 6.75. The highest BCUT2D eigenvalue weighted by molar-refractivity contribution is 14.0. The van der Waals surface area contributed by atoms with E-state index in [4.69, 9.17) is 14.2 Å². The van der Waals surface area contributed by atoms with Crippen molar-refractivity contribution < 1.29 is 14.2 Å². The van der Waals surface area contributed by atoms with Gasteiger partial charge in [-0.3, -0.25) is 4.99 Å². The summed E-state index contributed by atoms with van der Waals surface area (Å²) in [5.41, 5.74) is 1.07. The van der Waals surface area contributed by atoms with Crippen LogP contribution < -0.4 is 20.1 Å². The van der Waals surface area contributed by atoms with Crippen LogP contribution in [0.25, 0.3) is 0 Å². The molecule has 1 heterocycles. The van der Waals surface area contributed by atoms with E-state index in [0.29, 0.717) is 6.54 Å². The minimum atomic E-state index is 0. The van der Waals surface area contributed by atoms with Gasteiger partial charge in [-0.1, -0.05) is 12.1 Å². The molecule has 0 bridgehead atoms. The molecule has 1 aliphatic heterocycles. The third-order valence-corrected chi connectivity index (χ3v) is 5.38. The third-order valence-electron chi connectivity index (χ3n) is 5.38. The first-order valence-corrected chi connectivity index (χ1v) is 10.3. The number of benzene rings is 1. The minimum absolute atomic E-state index is 0. The molecule has 1 aromatic carbocycles. The smallest absolute Gasteiger partial charge is 0.191 e. The van der Waals surface area contributed by atoms with Crippen LogP contribution in [-0.2, 0) is 11.3 Å². The first-order valence-electron chi connectivity index (χ1n) is 10.3. The molecule has 0 spiro atoms. The van der Waals surface area contributed by atoms with Crippen molar-refractivity contribution in [1.82, 2.24) is 15.5 Å². The number of guanidine groups is 1. The second-order valence-electron chi connectivity index (χ2n) is 7.53. The Morgan fingerprint density at radius 2 is 2.07 bits per heavy atom. The van der Waals surface area contributed by atoms with Crippen molar-refractivity contribution in [2.75, 3.05) is 47.4 Å². The second-order valence-corrected chi connectivity index (χ2v) is 7.53. The van der Waals surface area contributed by atoms with Gasteiger partial charge in [0.1, 0.15) is 0 Å². The average Bonchev–Trinajstić information content (AvgIpc) is 3.22. The van der Waals surface area contributed by atoms with Crippen LogP contribution in [-0.4, -0.2) is 70.5 Å². The van der Waals surface area contributed by atoms with Crippen LogP contribution in [0.5, 0.6) is 11.5 Å². The molecule has 0 radical (unpaired) electrons. The Kier molecular flexibility index (Phi) is 10.3. The van der Waals surface area contributed by atoms with Crippen LogP contribution >= 0.6 is 24.0 Å². The molecule has 7 nitrogen and oxygen atoms in total. The van der Waals surface area contributed by atoms with Gasteiger partial charge in [0, 0.05) is 38.8 Å². The Labute approximate surface area is 191 Å². The topological polar surface area (TPSA) is 67.4 Å². The quantitative estimate of drug-likeness (QED) is 0.329. The third kappa shape index (κ3) is 7.18. The molecule has 1 atom stereocenters. The molecule has 2 aliphatic rings. The number of aliphatic imine (C=N–C) groups is 1. The van der Waals surface area contributed by atoms with Crippen LogP contribution in [0.1, 0.15) is 31.2 Å². The standard InChI is InChI=1S/C21H34N4O3.HI/c1-22-21(24-14-18-15-25(2)11-12-27-18)23-13-16-7-6-10-19(26-3)20(16)28-17-8-4-5-9-17;/h6-7,10,17-18H,4-5,8-9,11-15H2,1-3H3,(H2,22,23,24);1H. The van der Waals surface area contributed by atoms with Crippen LogP contribution in [0.3, 0.4) is 0 Å².